The van der Waals surface area contributed by atoms with E-state index in [0.29, 0.717) is 12.0 Å². The molecule has 18 heavy (non-hydrogen) atoms. The van der Waals surface area contributed by atoms with E-state index in [1.54, 1.807) is 0 Å². The average Bonchev–Trinajstić information content (AvgIpc) is 2.42. The molecule has 0 saturated heterocycles. The normalized spacial score (nSPS) is 13.4. The zero-order valence-electron chi connectivity index (χ0n) is 10.8. The first-order valence-electron chi connectivity index (χ1n) is 6.10. The molecular weight excluding hydrogens is 242 g/mol. The molecule has 0 aliphatic carbocycles. The van der Waals surface area contributed by atoms with E-state index in [1.165, 1.54) is 11.1 Å². The van der Waals surface area contributed by atoms with Gasteiger partial charge in [-0.05, 0) is 18.2 Å². The van der Waals surface area contributed by atoms with Crippen molar-refractivity contribution in [1.29, 1.82) is 0 Å². The van der Waals surface area contributed by atoms with E-state index in [1.807, 2.05) is 7.05 Å². The molecule has 2 aromatic rings. The van der Waals surface area contributed by atoms with Crippen LogP contribution in [0.1, 0.15) is 30.0 Å². The average molecular weight is 262 g/mol. The Hall–Kier alpha value is -1.31. The van der Waals surface area contributed by atoms with Crippen molar-refractivity contribution in [1.82, 2.24) is 5.32 Å². The fourth-order valence-electron chi connectivity index (χ4n) is 2.31. The fraction of sp³-hybridized carbons (Fsp3) is 0.250. The van der Waals surface area contributed by atoms with Gasteiger partial charge in [-0.1, -0.05) is 67.6 Å². The van der Waals surface area contributed by atoms with Crippen LogP contribution in [0, 0.1) is 0 Å². The summed E-state index contributed by atoms with van der Waals surface area (Å²) in [5.74, 6) is 0.462. The van der Waals surface area contributed by atoms with Gasteiger partial charge in [0.2, 0.25) is 0 Å². The zero-order valence-corrected chi connectivity index (χ0v) is 11.7. The lowest BCUT2D eigenvalue weighted by molar-refractivity contribution is 0.508. The Labute approximate surface area is 116 Å². The maximum atomic E-state index is 3.42. The van der Waals surface area contributed by atoms with Gasteiger partial charge >= 0.3 is 0 Å². The molecule has 0 saturated carbocycles. The predicted octanol–water partition coefficient (Wildman–Crippen LogP) is 4.17. The Kier molecular flexibility index (Phi) is 5.90. The van der Waals surface area contributed by atoms with Crippen molar-refractivity contribution in [2.45, 2.75) is 18.9 Å². The van der Waals surface area contributed by atoms with E-state index in [0.717, 1.165) is 0 Å². The van der Waals surface area contributed by atoms with Gasteiger partial charge in [0.15, 0.2) is 0 Å². The van der Waals surface area contributed by atoms with Gasteiger partial charge in [-0.2, -0.15) is 0 Å². The van der Waals surface area contributed by atoms with Crippen LogP contribution in [-0.4, -0.2) is 7.05 Å². The smallest absolute Gasteiger partial charge is 0.0384 e. The lowest BCUT2D eigenvalue weighted by atomic mass is 9.89. The van der Waals surface area contributed by atoms with Gasteiger partial charge in [0.1, 0.15) is 0 Å². The number of hydrogen-bond donors (Lipinski definition) is 1. The summed E-state index contributed by atoms with van der Waals surface area (Å²) >= 11 is 0. The molecule has 1 N–H and O–H groups in total. The molecule has 2 rings (SSSR count). The van der Waals surface area contributed by atoms with E-state index in [4.69, 9.17) is 0 Å². The van der Waals surface area contributed by atoms with Crippen molar-refractivity contribution in [3.63, 3.8) is 0 Å². The molecule has 0 bridgehead atoms. The molecule has 0 heterocycles. The molecule has 0 fully saturated rings. The standard InChI is InChI=1S/C16H19N.ClH/c1-13(14-9-5-3-6-10-14)16(17-2)15-11-7-4-8-12-15;/h3-13,16-17H,1-2H3;1H. The zero-order chi connectivity index (χ0) is 12.1. The van der Waals surface area contributed by atoms with Gasteiger partial charge in [0, 0.05) is 12.0 Å². The van der Waals surface area contributed by atoms with Gasteiger partial charge in [0.25, 0.3) is 0 Å². The number of benzene rings is 2. The minimum atomic E-state index is 0. The summed E-state index contributed by atoms with van der Waals surface area (Å²) in [6, 6.07) is 21.6. The van der Waals surface area contributed by atoms with Crippen LogP contribution >= 0.6 is 12.4 Å². The Morgan fingerprint density at radius 2 is 1.22 bits per heavy atom. The third-order valence-corrected chi connectivity index (χ3v) is 3.30. The van der Waals surface area contributed by atoms with Gasteiger partial charge in [-0.15, -0.1) is 12.4 Å². The van der Waals surface area contributed by atoms with E-state index in [2.05, 4.69) is 72.9 Å². The Morgan fingerprint density at radius 1 is 0.778 bits per heavy atom. The van der Waals surface area contributed by atoms with Gasteiger partial charge in [0.05, 0.1) is 0 Å². The number of likely N-dealkylation sites (N-methyl/N-ethyl adjacent to an activating group) is 1. The third-order valence-electron chi connectivity index (χ3n) is 3.30. The maximum Gasteiger partial charge on any atom is 0.0384 e. The summed E-state index contributed by atoms with van der Waals surface area (Å²) in [5, 5.41) is 3.42. The molecule has 1 nitrogen and oxygen atoms in total. The summed E-state index contributed by atoms with van der Waals surface area (Å²) in [5.41, 5.74) is 2.71. The van der Waals surface area contributed by atoms with Crippen molar-refractivity contribution in [3.05, 3.63) is 71.8 Å². The van der Waals surface area contributed by atoms with Crippen molar-refractivity contribution in [2.24, 2.45) is 0 Å². The SMILES string of the molecule is CNC(c1ccccc1)C(C)c1ccccc1.Cl. The van der Waals surface area contributed by atoms with Crippen molar-refractivity contribution < 1.29 is 0 Å². The highest BCUT2D eigenvalue weighted by molar-refractivity contribution is 5.85. The summed E-state index contributed by atoms with van der Waals surface area (Å²) < 4.78 is 0. The summed E-state index contributed by atoms with van der Waals surface area (Å²) in [4.78, 5) is 0. The van der Waals surface area contributed by atoms with Crippen LogP contribution in [0.3, 0.4) is 0 Å². The number of nitrogens with one attached hydrogen (secondary N) is 1. The molecule has 2 heteroatoms. The highest BCUT2D eigenvalue weighted by Gasteiger charge is 2.18. The number of halogens is 1. The molecular formula is C16H20ClN. The molecule has 2 aromatic carbocycles. The van der Waals surface area contributed by atoms with Crippen molar-refractivity contribution in [2.75, 3.05) is 7.05 Å². The molecule has 2 unspecified atom stereocenters. The minimum Gasteiger partial charge on any atom is -0.312 e. The number of hydrogen-bond acceptors (Lipinski definition) is 1. The second-order valence-electron chi connectivity index (χ2n) is 4.38. The summed E-state index contributed by atoms with van der Waals surface area (Å²) in [6.45, 7) is 2.27. The minimum absolute atomic E-state index is 0. The lowest BCUT2D eigenvalue weighted by Gasteiger charge is -2.24. The Bertz CT molecular complexity index is 441. The first-order valence-corrected chi connectivity index (χ1v) is 6.10. The van der Waals surface area contributed by atoms with Gasteiger partial charge in [-0.25, -0.2) is 0 Å². The van der Waals surface area contributed by atoms with E-state index in [-0.39, 0.29) is 12.4 Å². The van der Waals surface area contributed by atoms with Gasteiger partial charge < -0.3 is 5.32 Å². The second kappa shape index (κ2) is 7.20. The first kappa shape index (κ1) is 14.7. The van der Waals surface area contributed by atoms with Crippen molar-refractivity contribution in [3.8, 4) is 0 Å². The molecule has 0 spiro atoms. The predicted molar refractivity (Wildman–Crippen MR) is 80.3 cm³/mol. The highest BCUT2D eigenvalue weighted by Crippen LogP contribution is 2.29. The maximum absolute atomic E-state index is 3.42. The molecule has 0 radical (unpaired) electrons. The first-order chi connectivity index (χ1) is 8.33. The number of rotatable bonds is 4. The largest absolute Gasteiger partial charge is 0.312 e. The molecule has 96 valence electrons. The summed E-state index contributed by atoms with van der Waals surface area (Å²) in [6.07, 6.45) is 0. The van der Waals surface area contributed by atoms with Gasteiger partial charge in [-0.3, -0.25) is 0 Å². The van der Waals surface area contributed by atoms with E-state index >= 15 is 0 Å². The fourth-order valence-corrected chi connectivity index (χ4v) is 2.31. The molecule has 0 aromatic heterocycles. The second-order valence-corrected chi connectivity index (χ2v) is 4.38. The van der Waals surface area contributed by atoms with Crippen LogP contribution in [-0.2, 0) is 0 Å². The van der Waals surface area contributed by atoms with Crippen LogP contribution < -0.4 is 5.32 Å². The Morgan fingerprint density at radius 3 is 1.67 bits per heavy atom. The van der Waals surface area contributed by atoms with E-state index in [9.17, 15) is 0 Å². The van der Waals surface area contributed by atoms with Crippen LogP contribution in [0.2, 0.25) is 0 Å². The topological polar surface area (TPSA) is 12.0 Å². The van der Waals surface area contributed by atoms with Crippen LogP contribution in [0.5, 0.6) is 0 Å². The monoisotopic (exact) mass is 261 g/mol. The quantitative estimate of drug-likeness (QED) is 0.871. The third kappa shape index (κ3) is 3.34. The molecule has 0 aliphatic heterocycles. The lowest BCUT2D eigenvalue weighted by Crippen LogP contribution is -2.22. The molecule has 0 amide bonds. The summed E-state index contributed by atoms with van der Waals surface area (Å²) in [7, 11) is 2.02. The molecule has 0 aliphatic rings. The van der Waals surface area contributed by atoms with Crippen LogP contribution in [0.25, 0.3) is 0 Å². The van der Waals surface area contributed by atoms with Crippen molar-refractivity contribution >= 4 is 12.4 Å². The van der Waals surface area contributed by atoms with Crippen LogP contribution in [0.4, 0.5) is 0 Å². The van der Waals surface area contributed by atoms with E-state index < -0.39 is 0 Å². The van der Waals surface area contributed by atoms with Crippen LogP contribution in [0.15, 0.2) is 60.7 Å². The highest BCUT2D eigenvalue weighted by atomic mass is 35.5. The Balaban J connectivity index is 0.00000162. The molecule has 2 atom stereocenters.